The van der Waals surface area contributed by atoms with E-state index < -0.39 is 29.0 Å². The van der Waals surface area contributed by atoms with Crippen LogP contribution in [0, 0.1) is 10.1 Å². The van der Waals surface area contributed by atoms with E-state index in [4.69, 9.17) is 0 Å². The van der Waals surface area contributed by atoms with Crippen molar-refractivity contribution < 1.29 is 21.8 Å². The molecule has 0 spiro atoms. The lowest BCUT2D eigenvalue weighted by Crippen LogP contribution is -2.17. The molecule has 0 bridgehead atoms. The molecule has 0 unspecified atom stereocenters. The first-order chi connectivity index (χ1) is 11.2. The van der Waals surface area contributed by atoms with Gasteiger partial charge in [-0.2, -0.15) is 5.10 Å². The Kier molecular flexibility index (Phi) is 3.61. The van der Waals surface area contributed by atoms with Gasteiger partial charge in [-0.25, -0.2) is 16.8 Å². The van der Waals surface area contributed by atoms with Crippen LogP contribution in [0.15, 0.2) is 63.4 Å². The van der Waals surface area contributed by atoms with Crippen LogP contribution < -0.4 is 5.43 Å². The first-order valence-electron chi connectivity index (χ1n) is 6.42. The Labute approximate surface area is 136 Å². The molecule has 1 N–H and O–H groups in total. The number of hydrogen-bond acceptors (Lipinski definition) is 8. The van der Waals surface area contributed by atoms with Crippen LogP contribution in [-0.2, 0) is 19.7 Å². The third-order valence-electron chi connectivity index (χ3n) is 3.24. The highest BCUT2D eigenvalue weighted by molar-refractivity contribution is 8.33. The fourth-order valence-electron chi connectivity index (χ4n) is 2.11. The summed E-state index contributed by atoms with van der Waals surface area (Å²) >= 11 is 0. The number of sulfone groups is 2. The lowest BCUT2D eigenvalue weighted by Gasteiger charge is -2.01. The summed E-state index contributed by atoms with van der Waals surface area (Å²) < 4.78 is 48.3. The number of non-ortho nitro benzene ring substituents is 1. The Hall–Kier alpha value is -2.79. The number of fused-ring (bicyclic) bond motifs is 1. The fourth-order valence-corrected chi connectivity index (χ4v) is 6.36. The highest BCUT2D eigenvalue weighted by Crippen LogP contribution is 2.34. The second-order valence-electron chi connectivity index (χ2n) is 4.75. The fraction of sp³-hybridized carbons (Fsp3) is 0. The van der Waals surface area contributed by atoms with Gasteiger partial charge in [0.15, 0.2) is 0 Å². The number of hydrazone groups is 1. The first-order valence-corrected chi connectivity index (χ1v) is 9.38. The molecule has 11 heteroatoms. The van der Waals surface area contributed by atoms with E-state index in [1.165, 1.54) is 48.5 Å². The molecule has 0 atom stereocenters. The average Bonchev–Trinajstić information content (AvgIpc) is 2.69. The molecular weight excluding hydrogens is 358 g/mol. The van der Waals surface area contributed by atoms with E-state index in [9.17, 15) is 26.9 Å². The maximum atomic E-state index is 12.3. The van der Waals surface area contributed by atoms with Gasteiger partial charge in [0.05, 0.1) is 20.4 Å². The van der Waals surface area contributed by atoms with Gasteiger partial charge in [-0.15, -0.1) is 0 Å². The highest BCUT2D eigenvalue weighted by atomic mass is 32.3. The molecule has 0 aliphatic carbocycles. The molecule has 0 saturated carbocycles. The normalized spacial score (nSPS) is 17.1. The zero-order valence-electron chi connectivity index (χ0n) is 11.8. The molecule has 0 fully saturated rings. The molecule has 1 aliphatic rings. The molecule has 3 rings (SSSR count). The van der Waals surface area contributed by atoms with Gasteiger partial charge in [0.2, 0.25) is 19.7 Å². The molecule has 2 aromatic carbocycles. The molecule has 24 heavy (non-hydrogen) atoms. The van der Waals surface area contributed by atoms with Gasteiger partial charge < -0.3 is 0 Å². The second kappa shape index (κ2) is 5.39. The summed E-state index contributed by atoms with van der Waals surface area (Å²) in [5, 5.41) is 14.1. The van der Waals surface area contributed by atoms with E-state index in [1.807, 2.05) is 0 Å². The standard InChI is InChI=1S/C13H9N3O6S2/c17-16(18)10-7-5-9(6-8-10)14-15-13-23(19,20)11-3-1-2-4-12(11)24(13,21)22/h1-8,14H. The molecule has 124 valence electrons. The predicted molar refractivity (Wildman–Crippen MR) is 85.0 cm³/mol. The van der Waals surface area contributed by atoms with Gasteiger partial charge in [-0.1, -0.05) is 12.1 Å². The van der Waals surface area contributed by atoms with Gasteiger partial charge in [0, 0.05) is 12.1 Å². The summed E-state index contributed by atoms with van der Waals surface area (Å²) in [5.74, 6) is 0. The Morgan fingerprint density at radius 2 is 1.38 bits per heavy atom. The molecule has 0 amide bonds. The van der Waals surface area contributed by atoms with E-state index >= 15 is 0 Å². The van der Waals surface area contributed by atoms with Gasteiger partial charge in [0.1, 0.15) is 0 Å². The van der Waals surface area contributed by atoms with Crippen LogP contribution in [0.2, 0.25) is 0 Å². The first kappa shape index (κ1) is 16.1. The van der Waals surface area contributed by atoms with Crippen molar-refractivity contribution in [1.82, 2.24) is 0 Å². The van der Waals surface area contributed by atoms with Crippen molar-refractivity contribution in [3.63, 3.8) is 0 Å². The summed E-state index contributed by atoms with van der Waals surface area (Å²) in [7, 11) is -8.51. The van der Waals surface area contributed by atoms with Crippen molar-refractivity contribution in [2.45, 2.75) is 9.79 Å². The molecule has 1 aliphatic heterocycles. The molecule has 1 heterocycles. The third kappa shape index (κ3) is 2.43. The minimum atomic E-state index is -4.25. The second-order valence-corrected chi connectivity index (χ2v) is 8.67. The summed E-state index contributed by atoms with van der Waals surface area (Å²) in [6.45, 7) is 0. The summed E-state index contributed by atoms with van der Waals surface area (Å²) in [6, 6.07) is 10.1. The Morgan fingerprint density at radius 3 is 1.83 bits per heavy atom. The number of nitrogens with zero attached hydrogens (tertiary/aromatic N) is 2. The van der Waals surface area contributed by atoms with Crippen LogP contribution in [0.4, 0.5) is 11.4 Å². The lowest BCUT2D eigenvalue weighted by molar-refractivity contribution is -0.384. The predicted octanol–water partition coefficient (Wildman–Crippen LogP) is 1.54. The molecular formula is C13H9N3O6S2. The van der Waals surface area contributed by atoms with Crippen LogP contribution in [0.3, 0.4) is 0 Å². The summed E-state index contributed by atoms with van der Waals surface area (Å²) in [6.07, 6.45) is 0. The van der Waals surface area contributed by atoms with Crippen LogP contribution in [0.5, 0.6) is 0 Å². The number of anilines is 1. The molecule has 0 radical (unpaired) electrons. The molecule has 9 nitrogen and oxygen atoms in total. The van der Waals surface area contributed by atoms with Crippen molar-refractivity contribution in [2.75, 3.05) is 5.43 Å². The van der Waals surface area contributed by atoms with E-state index in [0.717, 1.165) is 0 Å². The molecule has 0 aromatic heterocycles. The number of nitro benzene ring substituents is 1. The van der Waals surface area contributed by atoms with E-state index in [2.05, 4.69) is 10.5 Å². The van der Waals surface area contributed by atoms with Crippen LogP contribution in [-0.4, -0.2) is 26.1 Å². The third-order valence-corrected chi connectivity index (χ3v) is 7.66. The van der Waals surface area contributed by atoms with Crippen molar-refractivity contribution >= 4 is 35.4 Å². The quantitative estimate of drug-likeness (QED) is 0.642. The summed E-state index contributed by atoms with van der Waals surface area (Å²) in [5.41, 5.74) is 2.34. The van der Waals surface area contributed by atoms with Gasteiger partial charge in [-0.05, 0) is 24.3 Å². The largest absolute Gasteiger partial charge is 0.277 e. The summed E-state index contributed by atoms with van der Waals surface area (Å²) in [4.78, 5) is 9.33. The Balaban J connectivity index is 2.01. The average molecular weight is 367 g/mol. The lowest BCUT2D eigenvalue weighted by atomic mass is 10.3. The molecule has 2 aromatic rings. The highest BCUT2D eigenvalue weighted by Gasteiger charge is 2.46. The number of nitro groups is 1. The Bertz CT molecular complexity index is 1020. The maximum Gasteiger partial charge on any atom is 0.276 e. The van der Waals surface area contributed by atoms with E-state index in [0.29, 0.717) is 0 Å². The van der Waals surface area contributed by atoms with Crippen molar-refractivity contribution in [3.05, 3.63) is 58.6 Å². The van der Waals surface area contributed by atoms with Crippen LogP contribution in [0.25, 0.3) is 0 Å². The maximum absolute atomic E-state index is 12.3. The van der Waals surface area contributed by atoms with Gasteiger partial charge >= 0.3 is 0 Å². The number of nitrogens with one attached hydrogen (secondary N) is 1. The molecule has 0 saturated heterocycles. The number of hydrogen-bond donors (Lipinski definition) is 1. The van der Waals surface area contributed by atoms with Gasteiger partial charge in [0.25, 0.3) is 10.1 Å². The topological polar surface area (TPSA) is 136 Å². The van der Waals surface area contributed by atoms with Crippen molar-refractivity contribution in [3.8, 4) is 0 Å². The minimum absolute atomic E-state index is 0.165. The van der Waals surface area contributed by atoms with E-state index in [1.54, 1.807) is 0 Å². The van der Waals surface area contributed by atoms with Crippen molar-refractivity contribution in [1.29, 1.82) is 0 Å². The monoisotopic (exact) mass is 367 g/mol. The van der Waals surface area contributed by atoms with Crippen LogP contribution >= 0.6 is 0 Å². The zero-order valence-corrected chi connectivity index (χ0v) is 13.4. The van der Waals surface area contributed by atoms with E-state index in [-0.39, 0.29) is 21.2 Å². The number of benzene rings is 2. The van der Waals surface area contributed by atoms with Crippen molar-refractivity contribution in [2.24, 2.45) is 5.10 Å². The smallest absolute Gasteiger partial charge is 0.276 e. The SMILES string of the molecule is O=[N+]([O-])c1ccc(NN=C2S(=O)(=O)c3ccccc3S2(=O)=O)cc1. The minimum Gasteiger partial charge on any atom is -0.277 e. The zero-order chi connectivity index (χ0) is 17.5. The van der Waals surface area contributed by atoms with Gasteiger partial charge in [-0.3, -0.25) is 15.5 Å². The van der Waals surface area contributed by atoms with Crippen LogP contribution in [0.1, 0.15) is 0 Å². The number of rotatable bonds is 3. The Morgan fingerprint density at radius 1 is 0.875 bits per heavy atom.